The van der Waals surface area contributed by atoms with Crippen LogP contribution in [-0.2, 0) is 4.79 Å². The number of nitrogens with two attached hydrogens (primary N) is 1. The molecule has 1 fully saturated rings. The second-order valence-corrected chi connectivity index (χ2v) is 5.62. The number of carbonyl (C=O) groups excluding carboxylic acids is 1. The molecule has 0 spiro atoms. The quantitative estimate of drug-likeness (QED) is 0.934. The van der Waals surface area contributed by atoms with Gasteiger partial charge in [-0.1, -0.05) is 25.1 Å². The number of amides is 1. The lowest BCUT2D eigenvalue weighted by Crippen LogP contribution is -2.43. The van der Waals surface area contributed by atoms with Crippen molar-refractivity contribution in [3.63, 3.8) is 0 Å². The highest BCUT2D eigenvalue weighted by molar-refractivity contribution is 5.79. The van der Waals surface area contributed by atoms with Crippen LogP contribution in [0.4, 0.5) is 0 Å². The van der Waals surface area contributed by atoms with Gasteiger partial charge in [0, 0.05) is 24.4 Å². The zero-order valence-electron chi connectivity index (χ0n) is 11.7. The molecular formula is C16H20N2O2. The Hall–Kier alpha value is -1.81. The number of benzene rings is 1. The number of piperidine rings is 1. The molecule has 1 amide bonds. The Morgan fingerprint density at radius 1 is 1.45 bits per heavy atom. The zero-order valence-corrected chi connectivity index (χ0v) is 11.7. The Balaban J connectivity index is 1.75. The van der Waals surface area contributed by atoms with Crippen LogP contribution in [0.1, 0.15) is 31.6 Å². The third-order valence-corrected chi connectivity index (χ3v) is 4.03. The van der Waals surface area contributed by atoms with E-state index in [1.54, 1.807) is 0 Å². The molecule has 2 atom stereocenters. The fourth-order valence-electron chi connectivity index (χ4n) is 2.83. The van der Waals surface area contributed by atoms with Crippen LogP contribution in [0.2, 0.25) is 0 Å². The van der Waals surface area contributed by atoms with Gasteiger partial charge in [0.1, 0.15) is 11.3 Å². The van der Waals surface area contributed by atoms with E-state index >= 15 is 0 Å². The van der Waals surface area contributed by atoms with Gasteiger partial charge in [-0.25, -0.2) is 0 Å². The van der Waals surface area contributed by atoms with Crippen molar-refractivity contribution < 1.29 is 9.21 Å². The standard InChI is InChI=1S/C16H20N2O2/c1-11-5-4-8-18(16(11)19)10-13(17)15-9-12-6-2-3-7-14(12)20-15/h2-3,6-7,9,11,13H,4-5,8,10,17H2,1H3. The summed E-state index contributed by atoms with van der Waals surface area (Å²) in [4.78, 5) is 14.0. The molecule has 4 heteroatoms. The van der Waals surface area contributed by atoms with E-state index in [-0.39, 0.29) is 17.9 Å². The van der Waals surface area contributed by atoms with Crippen LogP contribution >= 0.6 is 0 Å². The lowest BCUT2D eigenvalue weighted by molar-refractivity contribution is -0.138. The molecule has 1 aliphatic heterocycles. The smallest absolute Gasteiger partial charge is 0.225 e. The first kappa shape index (κ1) is 13.2. The Kier molecular flexibility index (Phi) is 3.49. The summed E-state index contributed by atoms with van der Waals surface area (Å²) >= 11 is 0. The number of hydrogen-bond donors (Lipinski definition) is 1. The van der Waals surface area contributed by atoms with Crippen LogP contribution in [-0.4, -0.2) is 23.9 Å². The van der Waals surface area contributed by atoms with E-state index < -0.39 is 0 Å². The fourth-order valence-corrected chi connectivity index (χ4v) is 2.83. The van der Waals surface area contributed by atoms with Gasteiger partial charge in [0.15, 0.2) is 0 Å². The minimum absolute atomic E-state index is 0.117. The van der Waals surface area contributed by atoms with Gasteiger partial charge in [-0.05, 0) is 25.0 Å². The lowest BCUT2D eigenvalue weighted by Gasteiger charge is -2.32. The summed E-state index contributed by atoms with van der Waals surface area (Å²) in [5.41, 5.74) is 7.05. The van der Waals surface area contributed by atoms with Gasteiger partial charge >= 0.3 is 0 Å². The molecule has 2 aromatic rings. The number of furan rings is 1. The third kappa shape index (κ3) is 2.43. The number of fused-ring (bicyclic) bond motifs is 1. The van der Waals surface area contributed by atoms with E-state index in [1.807, 2.05) is 42.2 Å². The van der Waals surface area contributed by atoms with Crippen molar-refractivity contribution in [1.29, 1.82) is 0 Å². The van der Waals surface area contributed by atoms with Gasteiger partial charge in [-0.3, -0.25) is 4.79 Å². The number of likely N-dealkylation sites (tertiary alicyclic amines) is 1. The number of carbonyl (C=O) groups is 1. The molecule has 1 saturated heterocycles. The third-order valence-electron chi connectivity index (χ3n) is 4.03. The predicted molar refractivity (Wildman–Crippen MR) is 78.1 cm³/mol. The van der Waals surface area contributed by atoms with Gasteiger partial charge in [-0.15, -0.1) is 0 Å². The molecule has 3 rings (SSSR count). The topological polar surface area (TPSA) is 59.5 Å². The highest BCUT2D eigenvalue weighted by Crippen LogP contribution is 2.25. The van der Waals surface area contributed by atoms with E-state index in [0.29, 0.717) is 6.54 Å². The van der Waals surface area contributed by atoms with E-state index in [2.05, 4.69) is 0 Å². The molecule has 2 N–H and O–H groups in total. The highest BCUT2D eigenvalue weighted by Gasteiger charge is 2.27. The van der Waals surface area contributed by atoms with E-state index in [1.165, 1.54) is 0 Å². The molecular weight excluding hydrogens is 252 g/mol. The average molecular weight is 272 g/mol. The average Bonchev–Trinajstić information content (AvgIpc) is 2.88. The predicted octanol–water partition coefficient (Wildman–Crippen LogP) is 2.69. The summed E-state index contributed by atoms with van der Waals surface area (Å²) in [6.07, 6.45) is 2.04. The SMILES string of the molecule is CC1CCCN(CC(N)c2cc3ccccc3o2)C1=O. The molecule has 0 aliphatic carbocycles. The van der Waals surface area contributed by atoms with Crippen molar-refractivity contribution in [2.45, 2.75) is 25.8 Å². The summed E-state index contributed by atoms with van der Waals surface area (Å²) in [6.45, 7) is 3.32. The van der Waals surface area contributed by atoms with Crippen molar-refractivity contribution >= 4 is 16.9 Å². The first-order valence-electron chi connectivity index (χ1n) is 7.18. The first-order valence-corrected chi connectivity index (χ1v) is 7.18. The molecule has 2 heterocycles. The van der Waals surface area contributed by atoms with Gasteiger partial charge < -0.3 is 15.1 Å². The van der Waals surface area contributed by atoms with Crippen LogP contribution in [0.15, 0.2) is 34.7 Å². The molecule has 0 saturated carbocycles. The largest absolute Gasteiger partial charge is 0.459 e. The molecule has 1 aromatic carbocycles. The normalized spacial score (nSPS) is 21.4. The maximum Gasteiger partial charge on any atom is 0.225 e. The molecule has 2 unspecified atom stereocenters. The molecule has 1 aromatic heterocycles. The number of rotatable bonds is 3. The number of para-hydroxylation sites is 1. The summed E-state index contributed by atoms with van der Waals surface area (Å²) in [7, 11) is 0. The molecule has 4 nitrogen and oxygen atoms in total. The maximum atomic E-state index is 12.1. The van der Waals surface area contributed by atoms with E-state index in [9.17, 15) is 4.79 Å². The maximum absolute atomic E-state index is 12.1. The Morgan fingerprint density at radius 3 is 3.05 bits per heavy atom. The Labute approximate surface area is 118 Å². The van der Waals surface area contributed by atoms with Crippen LogP contribution in [0.5, 0.6) is 0 Å². The van der Waals surface area contributed by atoms with Crippen molar-refractivity contribution in [3.05, 3.63) is 36.1 Å². The summed E-state index contributed by atoms with van der Waals surface area (Å²) in [5.74, 6) is 1.08. The monoisotopic (exact) mass is 272 g/mol. The Bertz CT molecular complexity index is 587. The minimum Gasteiger partial charge on any atom is -0.459 e. The van der Waals surface area contributed by atoms with Gasteiger partial charge in [0.2, 0.25) is 5.91 Å². The van der Waals surface area contributed by atoms with Crippen LogP contribution < -0.4 is 5.73 Å². The molecule has 106 valence electrons. The van der Waals surface area contributed by atoms with Crippen LogP contribution in [0.3, 0.4) is 0 Å². The van der Waals surface area contributed by atoms with Crippen LogP contribution in [0, 0.1) is 5.92 Å². The summed E-state index contributed by atoms with van der Waals surface area (Å²) in [5, 5.41) is 1.05. The Morgan fingerprint density at radius 2 is 2.25 bits per heavy atom. The zero-order chi connectivity index (χ0) is 14.1. The second kappa shape index (κ2) is 5.29. The van der Waals surface area contributed by atoms with Crippen molar-refractivity contribution in [1.82, 2.24) is 4.90 Å². The molecule has 0 radical (unpaired) electrons. The summed E-state index contributed by atoms with van der Waals surface area (Å²) in [6, 6.07) is 9.55. The number of hydrogen-bond acceptors (Lipinski definition) is 3. The van der Waals surface area contributed by atoms with E-state index in [4.69, 9.17) is 10.2 Å². The number of nitrogens with zero attached hydrogens (tertiary/aromatic N) is 1. The lowest BCUT2D eigenvalue weighted by atomic mass is 9.98. The molecule has 1 aliphatic rings. The molecule has 0 bridgehead atoms. The summed E-state index contributed by atoms with van der Waals surface area (Å²) < 4.78 is 5.77. The van der Waals surface area contributed by atoms with Gasteiger partial charge in [-0.2, -0.15) is 0 Å². The van der Waals surface area contributed by atoms with Crippen LogP contribution in [0.25, 0.3) is 11.0 Å². The highest BCUT2D eigenvalue weighted by atomic mass is 16.3. The fraction of sp³-hybridized carbons (Fsp3) is 0.438. The molecule has 20 heavy (non-hydrogen) atoms. The minimum atomic E-state index is -0.267. The van der Waals surface area contributed by atoms with E-state index in [0.717, 1.165) is 36.1 Å². The van der Waals surface area contributed by atoms with Gasteiger partial charge in [0.25, 0.3) is 0 Å². The second-order valence-electron chi connectivity index (χ2n) is 5.62. The van der Waals surface area contributed by atoms with Crippen molar-refractivity contribution in [2.75, 3.05) is 13.1 Å². The van der Waals surface area contributed by atoms with Crippen molar-refractivity contribution in [2.24, 2.45) is 11.7 Å². The van der Waals surface area contributed by atoms with Gasteiger partial charge in [0.05, 0.1) is 6.04 Å². The first-order chi connectivity index (χ1) is 9.65. The van der Waals surface area contributed by atoms with Crippen molar-refractivity contribution in [3.8, 4) is 0 Å².